The van der Waals surface area contributed by atoms with E-state index < -0.39 is 0 Å². The highest BCUT2D eigenvalue weighted by molar-refractivity contribution is 5.84. The first kappa shape index (κ1) is 28.2. The number of phenols is 1. The molecule has 1 saturated heterocycles. The second-order valence-corrected chi connectivity index (χ2v) is 11.4. The molecular weight excluding hydrogens is 562 g/mol. The fourth-order valence-electron chi connectivity index (χ4n) is 5.98. The molecule has 3 aromatic heterocycles. The van der Waals surface area contributed by atoms with Crippen LogP contribution in [-0.4, -0.2) is 54.9 Å². The Balaban J connectivity index is 1.11. The highest BCUT2D eigenvalue weighted by atomic mass is 16.3. The number of hydrogen-bond acceptors (Lipinski definition) is 8. The zero-order chi connectivity index (χ0) is 30.8. The third kappa shape index (κ3) is 5.85. The Kier molecular flexibility index (Phi) is 7.67. The molecule has 0 amide bonds. The third-order valence-electron chi connectivity index (χ3n) is 8.37. The molecule has 1 fully saturated rings. The minimum atomic E-state index is 0.00300. The molecule has 0 saturated carbocycles. The Hall–Kier alpha value is -5.54. The van der Waals surface area contributed by atoms with Gasteiger partial charge in [0, 0.05) is 48.8 Å². The maximum absolute atomic E-state index is 11.2. The van der Waals surface area contributed by atoms with Crippen molar-refractivity contribution in [1.29, 1.82) is 0 Å². The van der Waals surface area contributed by atoms with E-state index in [1.807, 2.05) is 48.5 Å². The highest BCUT2D eigenvalue weighted by Crippen LogP contribution is 2.32. The Morgan fingerprint density at radius 2 is 1.71 bits per heavy atom. The van der Waals surface area contributed by atoms with Crippen LogP contribution in [0.25, 0.3) is 39.5 Å². The lowest BCUT2D eigenvalue weighted by Crippen LogP contribution is -2.38. The second-order valence-electron chi connectivity index (χ2n) is 11.4. The van der Waals surface area contributed by atoms with Gasteiger partial charge in [-0.05, 0) is 73.0 Å². The number of aldehydes is 1. The number of piperidine rings is 1. The lowest BCUT2D eigenvalue weighted by molar-refractivity contribution is 0.112. The normalized spacial score (nSPS) is 14.0. The predicted molar refractivity (Wildman–Crippen MR) is 177 cm³/mol. The number of pyridine rings is 2. The molecule has 9 nitrogen and oxygen atoms in total. The molecule has 0 bridgehead atoms. The van der Waals surface area contributed by atoms with Crippen LogP contribution in [0.4, 0.5) is 11.5 Å². The van der Waals surface area contributed by atoms with Crippen LogP contribution in [-0.2, 0) is 6.54 Å². The molecule has 45 heavy (non-hydrogen) atoms. The summed E-state index contributed by atoms with van der Waals surface area (Å²) in [5, 5.41) is 13.3. The number of anilines is 2. The summed E-state index contributed by atoms with van der Waals surface area (Å²) in [5.41, 5.74) is 13.9. The van der Waals surface area contributed by atoms with Crippen molar-refractivity contribution in [3.05, 3.63) is 114 Å². The van der Waals surface area contributed by atoms with E-state index in [2.05, 4.69) is 56.2 Å². The van der Waals surface area contributed by atoms with E-state index in [4.69, 9.17) is 15.7 Å². The smallest absolute Gasteiger partial charge is 0.165 e. The number of carbonyl (C=O) groups excluding carboxylic acids is 1. The number of nitrogens with two attached hydrogens (primary N) is 1. The molecule has 6 aromatic rings. The number of carbonyl (C=O) groups is 1. The summed E-state index contributed by atoms with van der Waals surface area (Å²) < 4.78 is 2.06. The number of likely N-dealkylation sites (tertiary alicyclic amines) is 1. The van der Waals surface area contributed by atoms with Crippen LogP contribution in [0.2, 0.25) is 0 Å². The van der Waals surface area contributed by atoms with Crippen molar-refractivity contribution < 1.29 is 9.90 Å². The lowest BCUT2D eigenvalue weighted by atomic mass is 10.0. The summed E-state index contributed by atoms with van der Waals surface area (Å²) in [6.45, 7) is 2.77. The monoisotopic (exact) mass is 595 g/mol. The van der Waals surface area contributed by atoms with Gasteiger partial charge >= 0.3 is 0 Å². The van der Waals surface area contributed by atoms with Crippen LogP contribution in [0.3, 0.4) is 0 Å². The minimum absolute atomic E-state index is 0.00300. The molecule has 1 aliphatic heterocycles. The van der Waals surface area contributed by atoms with Gasteiger partial charge in [-0.1, -0.05) is 42.5 Å². The molecule has 3 aromatic carbocycles. The maximum atomic E-state index is 11.2. The van der Waals surface area contributed by atoms with Crippen LogP contribution in [0.5, 0.6) is 5.75 Å². The minimum Gasteiger partial charge on any atom is -0.507 e. The van der Waals surface area contributed by atoms with Crippen molar-refractivity contribution >= 4 is 29.0 Å². The van der Waals surface area contributed by atoms with Gasteiger partial charge < -0.3 is 16.2 Å². The molecule has 0 spiro atoms. The van der Waals surface area contributed by atoms with Gasteiger partial charge in [0.2, 0.25) is 0 Å². The third-order valence-corrected chi connectivity index (χ3v) is 8.37. The van der Waals surface area contributed by atoms with Gasteiger partial charge in [-0.3, -0.25) is 14.3 Å². The van der Waals surface area contributed by atoms with E-state index in [1.54, 1.807) is 18.3 Å². The number of nitrogens with zero attached hydrogens (tertiary/aromatic N) is 5. The lowest BCUT2D eigenvalue weighted by Gasteiger charge is -2.33. The van der Waals surface area contributed by atoms with E-state index in [0.29, 0.717) is 29.5 Å². The second kappa shape index (κ2) is 12.2. The fourth-order valence-corrected chi connectivity index (χ4v) is 5.98. The summed E-state index contributed by atoms with van der Waals surface area (Å²) >= 11 is 0. The molecule has 4 heterocycles. The van der Waals surface area contributed by atoms with E-state index >= 15 is 0 Å². The summed E-state index contributed by atoms with van der Waals surface area (Å²) in [7, 11) is 0. The number of aromatic nitrogens is 4. The van der Waals surface area contributed by atoms with Crippen molar-refractivity contribution in [3.63, 3.8) is 0 Å². The molecule has 9 heteroatoms. The zero-order valence-corrected chi connectivity index (χ0v) is 24.7. The van der Waals surface area contributed by atoms with E-state index in [-0.39, 0.29) is 5.75 Å². The Labute approximate surface area is 261 Å². The van der Waals surface area contributed by atoms with E-state index in [1.165, 1.54) is 5.56 Å². The van der Waals surface area contributed by atoms with Gasteiger partial charge in [0.15, 0.2) is 17.8 Å². The van der Waals surface area contributed by atoms with Crippen LogP contribution in [0.15, 0.2) is 103 Å². The number of fused-ring (bicyclic) bond motifs is 1. The average Bonchev–Trinajstić information content (AvgIpc) is 3.46. The van der Waals surface area contributed by atoms with Crippen molar-refractivity contribution in [2.24, 2.45) is 0 Å². The van der Waals surface area contributed by atoms with Crippen molar-refractivity contribution in [1.82, 2.24) is 24.4 Å². The predicted octanol–water partition coefficient (Wildman–Crippen LogP) is 6.33. The van der Waals surface area contributed by atoms with Crippen LogP contribution >= 0.6 is 0 Å². The number of hydrogen-bond donors (Lipinski definition) is 3. The molecular formula is C36H33N7O2. The zero-order valence-electron chi connectivity index (χ0n) is 24.7. The first-order valence-electron chi connectivity index (χ1n) is 15.1. The van der Waals surface area contributed by atoms with Crippen LogP contribution < -0.4 is 11.1 Å². The number of benzene rings is 3. The largest absolute Gasteiger partial charge is 0.507 e. The van der Waals surface area contributed by atoms with Gasteiger partial charge in [-0.25, -0.2) is 15.0 Å². The first-order chi connectivity index (χ1) is 22.1. The Morgan fingerprint density at radius 1 is 0.911 bits per heavy atom. The van der Waals surface area contributed by atoms with Crippen molar-refractivity contribution in [2.45, 2.75) is 25.4 Å². The van der Waals surface area contributed by atoms with E-state index in [0.717, 1.165) is 71.8 Å². The van der Waals surface area contributed by atoms with Gasteiger partial charge in [-0.2, -0.15) is 0 Å². The van der Waals surface area contributed by atoms with Gasteiger partial charge in [0.25, 0.3) is 0 Å². The van der Waals surface area contributed by atoms with Crippen molar-refractivity contribution in [2.75, 3.05) is 24.1 Å². The van der Waals surface area contributed by atoms with Gasteiger partial charge in [-0.15, -0.1) is 0 Å². The molecule has 224 valence electrons. The van der Waals surface area contributed by atoms with Crippen molar-refractivity contribution in [3.8, 4) is 34.1 Å². The van der Waals surface area contributed by atoms with Crippen LogP contribution in [0, 0.1) is 0 Å². The summed E-state index contributed by atoms with van der Waals surface area (Å²) in [5.74, 6) is 1.12. The highest BCUT2D eigenvalue weighted by Gasteiger charge is 2.21. The topological polar surface area (TPSA) is 122 Å². The number of imidazole rings is 1. The number of rotatable bonds is 8. The number of nitrogen functional groups attached to an aromatic ring is 1. The molecule has 1 aliphatic rings. The Bertz CT molecular complexity index is 1960. The molecule has 0 atom stereocenters. The molecule has 4 N–H and O–H groups in total. The van der Waals surface area contributed by atoms with Gasteiger partial charge in [0.05, 0.1) is 16.8 Å². The molecule has 7 rings (SSSR count). The maximum Gasteiger partial charge on any atom is 0.165 e. The SMILES string of the molecule is Nc1ncccc1-c1nc2ccc(-c3ccccc3)nc2n1-c1ccc(CN2CCC(Nc3ccc(O)c(C=O)c3)CC2)cc1. The summed E-state index contributed by atoms with van der Waals surface area (Å²) in [6.07, 6.45) is 4.34. The number of phenolic OH excluding ortho intramolecular Hbond substituents is 1. The quantitative estimate of drug-likeness (QED) is 0.138. The molecule has 0 radical (unpaired) electrons. The molecule has 0 aliphatic carbocycles. The standard InChI is InChI=1S/C36H33N7O2/c37-34-30(7-4-18-38-34)35-41-32-14-13-31(25-5-2-1-3-6-25)40-36(32)43(35)29-11-8-24(9-12-29)22-42-19-16-27(17-20-42)39-28-10-15-33(45)26(21-28)23-44/h1-15,18,21,23,27,39,45H,16-17,19-20,22H2,(H2,37,38). The average molecular weight is 596 g/mol. The van der Waals surface area contributed by atoms with Gasteiger partial charge in [0.1, 0.15) is 17.1 Å². The number of aromatic hydroxyl groups is 1. The summed E-state index contributed by atoms with van der Waals surface area (Å²) in [6, 6.07) is 31.9. The Morgan fingerprint density at radius 3 is 2.47 bits per heavy atom. The fraction of sp³-hybridized carbons (Fsp3) is 0.167. The first-order valence-corrected chi connectivity index (χ1v) is 15.1. The van der Waals surface area contributed by atoms with Crippen LogP contribution in [0.1, 0.15) is 28.8 Å². The summed E-state index contributed by atoms with van der Waals surface area (Å²) in [4.78, 5) is 28.0. The number of nitrogens with one attached hydrogen (secondary N) is 1. The van der Waals surface area contributed by atoms with E-state index in [9.17, 15) is 9.90 Å². The molecule has 0 unspecified atom stereocenters.